The SMILES string of the molecule is CC(C)(C)[n+]1ccn(-c2ccco2)c1. The van der Waals surface area contributed by atoms with Crippen LogP contribution in [0.25, 0.3) is 5.88 Å². The fourth-order valence-electron chi connectivity index (χ4n) is 1.30. The molecule has 2 aromatic heterocycles. The third-order valence-corrected chi connectivity index (χ3v) is 2.17. The van der Waals surface area contributed by atoms with Crippen molar-refractivity contribution in [3.63, 3.8) is 0 Å². The molecule has 0 amide bonds. The van der Waals surface area contributed by atoms with Gasteiger partial charge in [0, 0.05) is 6.07 Å². The van der Waals surface area contributed by atoms with Crippen LogP contribution >= 0.6 is 0 Å². The molecule has 74 valence electrons. The lowest BCUT2D eigenvalue weighted by Crippen LogP contribution is -2.48. The Morgan fingerprint density at radius 3 is 2.64 bits per heavy atom. The lowest BCUT2D eigenvalue weighted by molar-refractivity contribution is -0.753. The van der Waals surface area contributed by atoms with Gasteiger partial charge in [-0.3, -0.25) is 0 Å². The van der Waals surface area contributed by atoms with Crippen molar-refractivity contribution < 1.29 is 8.98 Å². The highest BCUT2D eigenvalue weighted by Crippen LogP contribution is 2.08. The predicted octanol–water partition coefficient (Wildman–Crippen LogP) is 2.11. The van der Waals surface area contributed by atoms with E-state index in [0.29, 0.717) is 0 Å². The second kappa shape index (κ2) is 3.01. The quantitative estimate of drug-likeness (QED) is 0.633. The van der Waals surface area contributed by atoms with Gasteiger partial charge in [-0.2, -0.15) is 4.57 Å². The summed E-state index contributed by atoms with van der Waals surface area (Å²) in [4.78, 5) is 0. The van der Waals surface area contributed by atoms with Crippen molar-refractivity contribution >= 4 is 0 Å². The summed E-state index contributed by atoms with van der Waals surface area (Å²) in [5.74, 6) is 0.841. The molecule has 3 nitrogen and oxygen atoms in total. The minimum Gasteiger partial charge on any atom is -0.431 e. The highest BCUT2D eigenvalue weighted by atomic mass is 16.3. The second-order valence-electron chi connectivity index (χ2n) is 4.35. The molecule has 2 aromatic rings. The summed E-state index contributed by atoms with van der Waals surface area (Å²) in [6.07, 6.45) is 7.74. The van der Waals surface area contributed by atoms with E-state index in [4.69, 9.17) is 4.42 Å². The number of hydrogen-bond acceptors (Lipinski definition) is 1. The number of imidazole rings is 1. The van der Waals surface area contributed by atoms with Crippen LogP contribution in [0.2, 0.25) is 0 Å². The third-order valence-electron chi connectivity index (χ3n) is 2.17. The summed E-state index contributed by atoms with van der Waals surface area (Å²) in [6.45, 7) is 6.50. The Kier molecular flexibility index (Phi) is 1.95. The van der Waals surface area contributed by atoms with E-state index in [1.54, 1.807) is 6.26 Å². The fourth-order valence-corrected chi connectivity index (χ4v) is 1.30. The van der Waals surface area contributed by atoms with Crippen LogP contribution in [0, 0.1) is 0 Å². The molecular formula is C11H15N2O+. The summed E-state index contributed by atoms with van der Waals surface area (Å²) in [7, 11) is 0. The lowest BCUT2D eigenvalue weighted by atomic mass is 10.1. The molecule has 14 heavy (non-hydrogen) atoms. The molecule has 0 aliphatic carbocycles. The molecule has 0 aliphatic heterocycles. The van der Waals surface area contributed by atoms with E-state index >= 15 is 0 Å². The van der Waals surface area contributed by atoms with Gasteiger partial charge in [-0.05, 0) is 26.8 Å². The maximum atomic E-state index is 5.30. The lowest BCUT2D eigenvalue weighted by Gasteiger charge is -2.13. The number of furan rings is 1. The highest BCUT2D eigenvalue weighted by Gasteiger charge is 2.20. The van der Waals surface area contributed by atoms with Crippen molar-refractivity contribution in [2.45, 2.75) is 26.3 Å². The first-order valence-corrected chi connectivity index (χ1v) is 4.71. The summed E-state index contributed by atoms with van der Waals surface area (Å²) in [6, 6.07) is 3.82. The molecule has 2 heterocycles. The Labute approximate surface area is 83.6 Å². The van der Waals surface area contributed by atoms with Gasteiger partial charge < -0.3 is 4.42 Å². The van der Waals surface area contributed by atoms with E-state index < -0.39 is 0 Å². The molecule has 0 saturated heterocycles. The van der Waals surface area contributed by atoms with Gasteiger partial charge in [0.1, 0.15) is 17.9 Å². The van der Waals surface area contributed by atoms with Crippen molar-refractivity contribution in [1.29, 1.82) is 0 Å². The van der Waals surface area contributed by atoms with E-state index in [1.807, 2.05) is 35.4 Å². The van der Waals surface area contributed by atoms with Crippen LogP contribution < -0.4 is 4.57 Å². The third kappa shape index (κ3) is 1.58. The van der Waals surface area contributed by atoms with Gasteiger partial charge in [0.05, 0.1) is 6.26 Å². The van der Waals surface area contributed by atoms with Gasteiger partial charge in [-0.25, -0.2) is 4.57 Å². The van der Waals surface area contributed by atoms with Crippen LogP contribution in [0.1, 0.15) is 20.8 Å². The van der Waals surface area contributed by atoms with E-state index in [2.05, 4.69) is 25.3 Å². The number of aromatic nitrogens is 2. The minimum atomic E-state index is 0.109. The zero-order chi connectivity index (χ0) is 10.2. The average molecular weight is 191 g/mol. The Balaban J connectivity index is 2.36. The molecule has 0 atom stereocenters. The zero-order valence-corrected chi connectivity index (χ0v) is 8.77. The van der Waals surface area contributed by atoms with Crippen molar-refractivity contribution in [2.24, 2.45) is 0 Å². The van der Waals surface area contributed by atoms with Gasteiger partial charge in [0.25, 0.3) is 12.2 Å². The summed E-state index contributed by atoms with van der Waals surface area (Å²) >= 11 is 0. The van der Waals surface area contributed by atoms with Crippen LogP contribution in [-0.2, 0) is 5.54 Å². The molecule has 0 N–H and O–H groups in total. The first-order chi connectivity index (χ1) is 6.57. The van der Waals surface area contributed by atoms with Crippen molar-refractivity contribution in [3.05, 3.63) is 37.1 Å². The van der Waals surface area contributed by atoms with Crippen LogP contribution in [0.4, 0.5) is 0 Å². The van der Waals surface area contributed by atoms with Crippen molar-refractivity contribution in [1.82, 2.24) is 4.57 Å². The highest BCUT2D eigenvalue weighted by molar-refractivity contribution is 5.15. The molecule has 2 rings (SSSR count). The maximum Gasteiger partial charge on any atom is 0.293 e. The van der Waals surface area contributed by atoms with Crippen LogP contribution in [0.3, 0.4) is 0 Å². The van der Waals surface area contributed by atoms with Crippen molar-refractivity contribution in [3.8, 4) is 5.88 Å². The fraction of sp³-hybridized carbons (Fsp3) is 0.364. The molecule has 0 radical (unpaired) electrons. The molecule has 0 bridgehead atoms. The Morgan fingerprint density at radius 1 is 1.36 bits per heavy atom. The first kappa shape index (κ1) is 9.06. The number of hydrogen-bond donors (Lipinski definition) is 0. The summed E-state index contributed by atoms with van der Waals surface area (Å²) in [5.41, 5.74) is 0.109. The smallest absolute Gasteiger partial charge is 0.293 e. The van der Waals surface area contributed by atoms with Crippen LogP contribution in [-0.4, -0.2) is 4.57 Å². The Bertz CT molecular complexity index is 407. The standard InChI is InChI=1S/C11H15N2O/c1-11(2,3)13-7-6-12(9-13)10-5-4-8-14-10/h4-9H,1-3H3/q+1. The normalized spacial score (nSPS) is 11.9. The molecule has 0 saturated carbocycles. The van der Waals surface area contributed by atoms with Gasteiger partial charge in [-0.1, -0.05) is 0 Å². The summed E-state index contributed by atoms with van der Waals surface area (Å²) < 4.78 is 9.41. The molecule has 0 fully saturated rings. The Hall–Kier alpha value is -1.51. The van der Waals surface area contributed by atoms with Crippen LogP contribution in [0.5, 0.6) is 0 Å². The second-order valence-corrected chi connectivity index (χ2v) is 4.35. The molecule has 3 heteroatoms. The average Bonchev–Trinajstić information content (AvgIpc) is 2.73. The minimum absolute atomic E-state index is 0.109. The zero-order valence-electron chi connectivity index (χ0n) is 8.77. The van der Waals surface area contributed by atoms with Gasteiger partial charge in [0.2, 0.25) is 0 Å². The monoisotopic (exact) mass is 191 g/mol. The maximum absolute atomic E-state index is 5.30. The Morgan fingerprint density at radius 2 is 2.14 bits per heavy atom. The van der Waals surface area contributed by atoms with E-state index in [9.17, 15) is 0 Å². The molecule has 0 unspecified atom stereocenters. The van der Waals surface area contributed by atoms with Gasteiger partial charge in [-0.15, -0.1) is 0 Å². The van der Waals surface area contributed by atoms with Crippen LogP contribution in [0.15, 0.2) is 41.5 Å². The molecule has 0 aliphatic rings. The van der Waals surface area contributed by atoms with Crippen molar-refractivity contribution in [2.75, 3.05) is 0 Å². The van der Waals surface area contributed by atoms with E-state index in [-0.39, 0.29) is 5.54 Å². The largest absolute Gasteiger partial charge is 0.431 e. The predicted molar refractivity (Wildman–Crippen MR) is 53.2 cm³/mol. The molecule has 0 spiro atoms. The first-order valence-electron chi connectivity index (χ1n) is 4.71. The van der Waals surface area contributed by atoms with Gasteiger partial charge in [0.15, 0.2) is 0 Å². The molecular weight excluding hydrogens is 176 g/mol. The number of rotatable bonds is 1. The van der Waals surface area contributed by atoms with E-state index in [0.717, 1.165) is 5.88 Å². The van der Waals surface area contributed by atoms with Gasteiger partial charge >= 0.3 is 0 Å². The van der Waals surface area contributed by atoms with E-state index in [1.165, 1.54) is 0 Å². The molecule has 0 aromatic carbocycles. The number of nitrogens with zero attached hydrogens (tertiary/aromatic N) is 2. The summed E-state index contributed by atoms with van der Waals surface area (Å²) in [5, 5.41) is 0. The topological polar surface area (TPSA) is 21.9 Å².